The molecule has 2 aromatic rings. The third kappa shape index (κ3) is 1.66. The lowest BCUT2D eigenvalue weighted by atomic mass is 10.1. The minimum Gasteiger partial charge on any atom is -0.298 e. The summed E-state index contributed by atoms with van der Waals surface area (Å²) < 4.78 is 0. The van der Waals surface area contributed by atoms with Crippen molar-refractivity contribution in [3.63, 3.8) is 0 Å². The average molecular weight is 184 g/mol. The van der Waals surface area contributed by atoms with Crippen molar-refractivity contribution in [2.75, 3.05) is 0 Å². The SMILES string of the molecule is O=Cc1cncc(-c2ccncc2)c1. The lowest BCUT2D eigenvalue weighted by Crippen LogP contribution is -1.85. The molecule has 0 aromatic carbocycles. The molecule has 2 rings (SSSR count). The minimum absolute atomic E-state index is 0.583. The van der Waals surface area contributed by atoms with E-state index in [1.165, 1.54) is 6.20 Å². The first-order valence-electron chi connectivity index (χ1n) is 4.21. The van der Waals surface area contributed by atoms with E-state index in [1.807, 2.05) is 12.1 Å². The van der Waals surface area contributed by atoms with Gasteiger partial charge in [0.1, 0.15) is 0 Å². The largest absolute Gasteiger partial charge is 0.298 e. The van der Waals surface area contributed by atoms with E-state index in [0.29, 0.717) is 5.56 Å². The molecule has 0 saturated carbocycles. The Hall–Kier alpha value is -2.03. The number of hydrogen-bond acceptors (Lipinski definition) is 3. The van der Waals surface area contributed by atoms with Crippen LogP contribution in [0.2, 0.25) is 0 Å². The van der Waals surface area contributed by atoms with E-state index in [0.717, 1.165) is 17.4 Å². The summed E-state index contributed by atoms with van der Waals surface area (Å²) in [4.78, 5) is 18.4. The summed E-state index contributed by atoms with van der Waals surface area (Å²) in [6, 6.07) is 5.56. The number of carbonyl (C=O) groups excluding carboxylic acids is 1. The van der Waals surface area contributed by atoms with Crippen LogP contribution in [0.1, 0.15) is 10.4 Å². The molecule has 0 fully saturated rings. The van der Waals surface area contributed by atoms with Gasteiger partial charge in [0, 0.05) is 35.9 Å². The number of aldehydes is 1. The summed E-state index contributed by atoms with van der Waals surface area (Å²) in [5, 5.41) is 0. The second-order valence-electron chi connectivity index (χ2n) is 2.86. The Bertz CT molecular complexity index is 440. The maximum Gasteiger partial charge on any atom is 0.151 e. The van der Waals surface area contributed by atoms with Gasteiger partial charge in [0.05, 0.1) is 0 Å². The van der Waals surface area contributed by atoms with Gasteiger partial charge in [0.25, 0.3) is 0 Å². The molecule has 3 heteroatoms. The first-order valence-corrected chi connectivity index (χ1v) is 4.21. The molecule has 0 bridgehead atoms. The molecular weight excluding hydrogens is 176 g/mol. The summed E-state index contributed by atoms with van der Waals surface area (Å²) in [5.74, 6) is 0. The zero-order valence-electron chi connectivity index (χ0n) is 7.42. The maximum atomic E-state index is 10.5. The zero-order chi connectivity index (χ0) is 9.80. The van der Waals surface area contributed by atoms with Gasteiger partial charge in [-0.25, -0.2) is 0 Å². The fraction of sp³-hybridized carbons (Fsp3) is 0. The van der Waals surface area contributed by atoms with Gasteiger partial charge in [0.2, 0.25) is 0 Å². The fourth-order valence-corrected chi connectivity index (χ4v) is 1.22. The molecule has 68 valence electrons. The monoisotopic (exact) mass is 184 g/mol. The summed E-state index contributed by atoms with van der Waals surface area (Å²) in [6.07, 6.45) is 7.48. The molecule has 0 saturated heterocycles. The van der Waals surface area contributed by atoms with E-state index in [9.17, 15) is 4.79 Å². The van der Waals surface area contributed by atoms with Crippen molar-refractivity contribution in [1.82, 2.24) is 9.97 Å². The quantitative estimate of drug-likeness (QED) is 0.670. The molecule has 0 aliphatic carbocycles. The highest BCUT2D eigenvalue weighted by Crippen LogP contribution is 2.17. The zero-order valence-corrected chi connectivity index (χ0v) is 7.42. The summed E-state index contributed by atoms with van der Waals surface area (Å²) in [5.41, 5.74) is 2.52. The van der Waals surface area contributed by atoms with Gasteiger partial charge in [-0.3, -0.25) is 14.8 Å². The molecule has 0 N–H and O–H groups in total. The van der Waals surface area contributed by atoms with E-state index >= 15 is 0 Å². The third-order valence-electron chi connectivity index (χ3n) is 1.91. The van der Waals surface area contributed by atoms with Crippen molar-refractivity contribution in [2.45, 2.75) is 0 Å². The highest BCUT2D eigenvalue weighted by molar-refractivity contribution is 5.77. The fourth-order valence-electron chi connectivity index (χ4n) is 1.22. The molecule has 0 atom stereocenters. The lowest BCUT2D eigenvalue weighted by Gasteiger charge is -1.99. The Kier molecular flexibility index (Phi) is 2.32. The first kappa shape index (κ1) is 8.56. The molecule has 0 aliphatic heterocycles. The molecule has 2 heterocycles. The molecule has 0 spiro atoms. The van der Waals surface area contributed by atoms with Gasteiger partial charge < -0.3 is 0 Å². The Balaban J connectivity index is 2.47. The predicted molar refractivity (Wildman–Crippen MR) is 52.9 cm³/mol. The van der Waals surface area contributed by atoms with E-state index in [4.69, 9.17) is 0 Å². The second kappa shape index (κ2) is 3.79. The van der Waals surface area contributed by atoms with Crippen LogP contribution >= 0.6 is 0 Å². The van der Waals surface area contributed by atoms with Crippen LogP contribution in [0.4, 0.5) is 0 Å². The number of hydrogen-bond donors (Lipinski definition) is 0. The minimum atomic E-state index is 0.583. The van der Waals surface area contributed by atoms with E-state index in [1.54, 1.807) is 24.7 Å². The topological polar surface area (TPSA) is 42.9 Å². The number of carbonyl (C=O) groups is 1. The Morgan fingerprint density at radius 3 is 2.50 bits per heavy atom. The highest BCUT2D eigenvalue weighted by atomic mass is 16.1. The second-order valence-corrected chi connectivity index (χ2v) is 2.86. The molecule has 0 radical (unpaired) electrons. The average Bonchev–Trinajstić information content (AvgIpc) is 2.30. The normalized spacial score (nSPS) is 9.71. The maximum absolute atomic E-state index is 10.5. The van der Waals surface area contributed by atoms with Crippen molar-refractivity contribution in [2.24, 2.45) is 0 Å². The van der Waals surface area contributed by atoms with Gasteiger partial charge in [-0.2, -0.15) is 0 Å². The summed E-state index contributed by atoms with van der Waals surface area (Å²) in [7, 11) is 0. The summed E-state index contributed by atoms with van der Waals surface area (Å²) >= 11 is 0. The van der Waals surface area contributed by atoms with Crippen LogP contribution in [0.3, 0.4) is 0 Å². The molecule has 0 aliphatic rings. The van der Waals surface area contributed by atoms with Crippen molar-refractivity contribution in [1.29, 1.82) is 0 Å². The lowest BCUT2D eigenvalue weighted by molar-refractivity contribution is 0.112. The van der Waals surface area contributed by atoms with Crippen molar-refractivity contribution >= 4 is 6.29 Å². The number of nitrogens with zero attached hydrogens (tertiary/aromatic N) is 2. The number of pyridine rings is 2. The smallest absolute Gasteiger partial charge is 0.151 e. The molecule has 0 amide bonds. The van der Waals surface area contributed by atoms with E-state index < -0.39 is 0 Å². The Labute approximate surface area is 81.5 Å². The predicted octanol–water partition coefficient (Wildman–Crippen LogP) is 1.96. The molecule has 3 nitrogen and oxygen atoms in total. The van der Waals surface area contributed by atoms with Gasteiger partial charge >= 0.3 is 0 Å². The van der Waals surface area contributed by atoms with Gasteiger partial charge in [-0.1, -0.05) is 0 Å². The standard InChI is InChI=1S/C11H8N2O/c14-8-9-5-11(7-13-6-9)10-1-3-12-4-2-10/h1-8H. The van der Waals surface area contributed by atoms with Crippen LogP contribution in [0.25, 0.3) is 11.1 Å². The summed E-state index contributed by atoms with van der Waals surface area (Å²) in [6.45, 7) is 0. The molecule has 2 aromatic heterocycles. The molecule has 0 unspecified atom stereocenters. The Morgan fingerprint density at radius 1 is 1.00 bits per heavy atom. The van der Waals surface area contributed by atoms with E-state index in [-0.39, 0.29) is 0 Å². The highest BCUT2D eigenvalue weighted by Gasteiger charge is 1.98. The van der Waals surface area contributed by atoms with Gasteiger partial charge in [-0.15, -0.1) is 0 Å². The van der Waals surface area contributed by atoms with E-state index in [2.05, 4.69) is 9.97 Å². The number of aromatic nitrogens is 2. The number of rotatable bonds is 2. The van der Waals surface area contributed by atoms with Crippen LogP contribution in [-0.2, 0) is 0 Å². The first-order chi connectivity index (χ1) is 6.90. The molecular formula is C11H8N2O. The van der Waals surface area contributed by atoms with Crippen LogP contribution in [0.5, 0.6) is 0 Å². The molecule has 14 heavy (non-hydrogen) atoms. The van der Waals surface area contributed by atoms with Crippen molar-refractivity contribution in [3.8, 4) is 11.1 Å². The van der Waals surface area contributed by atoms with Crippen molar-refractivity contribution in [3.05, 3.63) is 48.5 Å². The van der Waals surface area contributed by atoms with Crippen LogP contribution in [-0.4, -0.2) is 16.3 Å². The van der Waals surface area contributed by atoms with Crippen LogP contribution in [0, 0.1) is 0 Å². The van der Waals surface area contributed by atoms with Crippen LogP contribution in [0.15, 0.2) is 43.0 Å². The van der Waals surface area contributed by atoms with Crippen LogP contribution < -0.4 is 0 Å². The van der Waals surface area contributed by atoms with Gasteiger partial charge in [0.15, 0.2) is 6.29 Å². The Morgan fingerprint density at radius 2 is 1.79 bits per heavy atom. The third-order valence-corrected chi connectivity index (χ3v) is 1.91. The van der Waals surface area contributed by atoms with Gasteiger partial charge in [-0.05, 0) is 23.8 Å². The van der Waals surface area contributed by atoms with Crippen molar-refractivity contribution < 1.29 is 4.79 Å².